The van der Waals surface area contributed by atoms with Crippen molar-refractivity contribution in [1.29, 1.82) is 0 Å². The Morgan fingerprint density at radius 1 is 1.30 bits per heavy atom. The quantitative estimate of drug-likeness (QED) is 0.634. The minimum absolute atomic E-state index is 0.163. The van der Waals surface area contributed by atoms with E-state index in [-0.39, 0.29) is 18.3 Å². The molecule has 0 aliphatic rings. The molecule has 1 aromatic carbocycles. The molecule has 0 aliphatic heterocycles. The minimum Gasteiger partial charge on any atom is -0.495 e. The van der Waals surface area contributed by atoms with Gasteiger partial charge in [0.2, 0.25) is 0 Å². The van der Waals surface area contributed by atoms with Crippen molar-refractivity contribution in [2.75, 3.05) is 14.2 Å². The van der Waals surface area contributed by atoms with Gasteiger partial charge < -0.3 is 14.0 Å². The summed E-state index contributed by atoms with van der Waals surface area (Å²) in [7, 11) is 3.17. The van der Waals surface area contributed by atoms with Gasteiger partial charge in [-0.05, 0) is 32.0 Å². The molecular weight excluding hydrogens is 364 g/mol. The molecule has 0 unspecified atom stereocenters. The van der Waals surface area contributed by atoms with Crippen molar-refractivity contribution in [3.8, 4) is 23.8 Å². The summed E-state index contributed by atoms with van der Waals surface area (Å²) in [6.07, 6.45) is 7.30. The highest BCUT2D eigenvalue weighted by molar-refractivity contribution is 7.16. The number of rotatable bonds is 5. The number of aromatic nitrogens is 3. The number of nitrogens with zero attached hydrogens (tertiary/aromatic N) is 4. The number of fused-ring (bicyclic) bond motifs is 1. The molecule has 7 nitrogen and oxygen atoms in total. The summed E-state index contributed by atoms with van der Waals surface area (Å²) in [6.45, 7) is 4.23. The summed E-state index contributed by atoms with van der Waals surface area (Å²) in [5, 5.41) is 4.28. The van der Waals surface area contributed by atoms with Crippen LogP contribution in [-0.2, 0) is 6.54 Å². The molecule has 1 amide bonds. The van der Waals surface area contributed by atoms with Gasteiger partial charge in [-0.3, -0.25) is 9.48 Å². The molecule has 0 bridgehead atoms. The molecule has 0 spiro atoms. The zero-order valence-electron chi connectivity index (χ0n) is 15.6. The van der Waals surface area contributed by atoms with Gasteiger partial charge in [-0.25, -0.2) is 0 Å². The van der Waals surface area contributed by atoms with E-state index >= 15 is 0 Å². The summed E-state index contributed by atoms with van der Waals surface area (Å²) in [6, 6.07) is 5.44. The van der Waals surface area contributed by atoms with Crippen molar-refractivity contribution < 1.29 is 14.3 Å². The first-order valence-electron chi connectivity index (χ1n) is 8.32. The molecule has 0 atom stereocenters. The largest absolute Gasteiger partial charge is 0.495 e. The summed E-state index contributed by atoms with van der Waals surface area (Å²) >= 11 is 1.32. The maximum Gasteiger partial charge on any atom is 0.300 e. The van der Waals surface area contributed by atoms with Crippen LogP contribution in [0.4, 0.5) is 0 Å². The second-order valence-electron chi connectivity index (χ2n) is 6.01. The highest BCUT2D eigenvalue weighted by Crippen LogP contribution is 2.35. The lowest BCUT2D eigenvalue weighted by Crippen LogP contribution is -2.17. The van der Waals surface area contributed by atoms with Crippen LogP contribution in [0.2, 0.25) is 0 Å². The molecule has 140 valence electrons. The first-order chi connectivity index (χ1) is 13.0. The average molecular weight is 384 g/mol. The summed E-state index contributed by atoms with van der Waals surface area (Å²) in [4.78, 5) is 17.4. The molecule has 2 heterocycles. The van der Waals surface area contributed by atoms with Crippen molar-refractivity contribution in [1.82, 2.24) is 14.3 Å². The van der Waals surface area contributed by atoms with Gasteiger partial charge >= 0.3 is 0 Å². The number of benzene rings is 1. The number of carbonyl (C=O) groups is 1. The Labute approximate surface area is 160 Å². The van der Waals surface area contributed by atoms with Crippen LogP contribution < -0.4 is 14.3 Å². The molecule has 8 heteroatoms. The van der Waals surface area contributed by atoms with Gasteiger partial charge in [-0.2, -0.15) is 10.1 Å². The molecule has 2 aromatic heterocycles. The van der Waals surface area contributed by atoms with Gasteiger partial charge in [-0.15, -0.1) is 6.42 Å². The normalized spacial score (nSPS) is 11.8. The van der Waals surface area contributed by atoms with Crippen molar-refractivity contribution in [2.45, 2.75) is 26.4 Å². The SMILES string of the molecule is C#CCn1c(=NC(=O)c2ccn(C(C)C)n2)sc2c(OC)ccc(OC)c21. The van der Waals surface area contributed by atoms with E-state index in [0.717, 1.165) is 10.2 Å². The van der Waals surface area contributed by atoms with Crippen molar-refractivity contribution in [3.05, 3.63) is 34.9 Å². The number of hydrogen-bond donors (Lipinski definition) is 0. The molecule has 3 aromatic rings. The monoisotopic (exact) mass is 384 g/mol. The molecule has 3 rings (SSSR count). The number of methoxy groups -OCH3 is 2. The zero-order valence-corrected chi connectivity index (χ0v) is 16.4. The zero-order chi connectivity index (χ0) is 19.6. The Balaban J connectivity index is 2.20. The predicted molar refractivity (Wildman–Crippen MR) is 104 cm³/mol. The second kappa shape index (κ2) is 7.68. The van der Waals surface area contributed by atoms with Gasteiger partial charge in [-0.1, -0.05) is 17.3 Å². The number of thiazole rings is 1. The Morgan fingerprint density at radius 2 is 2.00 bits per heavy atom. The third kappa shape index (κ3) is 3.46. The topological polar surface area (TPSA) is 70.6 Å². The van der Waals surface area contributed by atoms with Gasteiger partial charge in [0.1, 0.15) is 21.7 Å². The van der Waals surface area contributed by atoms with Crippen LogP contribution in [0.25, 0.3) is 10.2 Å². The van der Waals surface area contributed by atoms with Gasteiger partial charge in [0, 0.05) is 12.2 Å². The fourth-order valence-electron chi connectivity index (χ4n) is 2.66. The number of ether oxygens (including phenoxy) is 2. The van der Waals surface area contributed by atoms with E-state index in [1.165, 1.54) is 11.3 Å². The lowest BCUT2D eigenvalue weighted by atomic mass is 10.3. The van der Waals surface area contributed by atoms with Gasteiger partial charge in [0.25, 0.3) is 5.91 Å². The Kier molecular flexibility index (Phi) is 5.33. The van der Waals surface area contributed by atoms with E-state index in [2.05, 4.69) is 16.0 Å². The summed E-state index contributed by atoms with van der Waals surface area (Å²) in [5.74, 6) is 3.48. The third-order valence-corrected chi connectivity index (χ3v) is 5.09. The van der Waals surface area contributed by atoms with Crippen molar-refractivity contribution >= 4 is 27.5 Å². The fraction of sp³-hybridized carbons (Fsp3) is 0.316. The van der Waals surface area contributed by atoms with Crippen LogP contribution in [0.15, 0.2) is 29.4 Å². The first kappa shape index (κ1) is 18.7. The molecule has 0 radical (unpaired) electrons. The molecule has 0 saturated carbocycles. The molecule has 0 saturated heterocycles. The average Bonchev–Trinajstić information content (AvgIpc) is 3.27. The van der Waals surface area contributed by atoms with Crippen LogP contribution >= 0.6 is 11.3 Å². The van der Waals surface area contributed by atoms with Crippen LogP contribution in [0.5, 0.6) is 11.5 Å². The first-order valence-corrected chi connectivity index (χ1v) is 9.13. The van der Waals surface area contributed by atoms with E-state index in [0.29, 0.717) is 16.3 Å². The number of terminal acetylenes is 1. The van der Waals surface area contributed by atoms with Gasteiger partial charge in [0.15, 0.2) is 10.5 Å². The van der Waals surface area contributed by atoms with E-state index in [4.69, 9.17) is 15.9 Å². The van der Waals surface area contributed by atoms with Crippen molar-refractivity contribution in [2.24, 2.45) is 4.99 Å². The highest BCUT2D eigenvalue weighted by Gasteiger charge is 2.17. The third-order valence-electron chi connectivity index (χ3n) is 4.00. The second-order valence-corrected chi connectivity index (χ2v) is 6.99. The van der Waals surface area contributed by atoms with Crippen LogP contribution in [0.1, 0.15) is 30.4 Å². The minimum atomic E-state index is -0.426. The molecular formula is C19H20N4O3S. The molecule has 0 aliphatic carbocycles. The lowest BCUT2D eigenvalue weighted by Gasteiger charge is -2.08. The van der Waals surface area contributed by atoms with E-state index < -0.39 is 5.91 Å². The maximum atomic E-state index is 12.6. The summed E-state index contributed by atoms with van der Waals surface area (Å²) < 4.78 is 15.2. The molecule has 0 fully saturated rings. The molecule has 27 heavy (non-hydrogen) atoms. The van der Waals surface area contributed by atoms with Crippen LogP contribution in [-0.4, -0.2) is 34.5 Å². The number of carbonyl (C=O) groups excluding carboxylic acids is 1. The van der Waals surface area contributed by atoms with E-state index in [1.807, 2.05) is 19.9 Å². The Hall–Kier alpha value is -3.05. The van der Waals surface area contributed by atoms with Crippen LogP contribution in [0.3, 0.4) is 0 Å². The predicted octanol–water partition coefficient (Wildman–Crippen LogP) is 2.87. The lowest BCUT2D eigenvalue weighted by molar-refractivity contribution is 0.0992. The van der Waals surface area contributed by atoms with Gasteiger partial charge in [0.05, 0.1) is 20.8 Å². The highest BCUT2D eigenvalue weighted by atomic mass is 32.1. The summed E-state index contributed by atoms with van der Waals surface area (Å²) in [5.41, 5.74) is 1.03. The van der Waals surface area contributed by atoms with E-state index in [9.17, 15) is 4.79 Å². The Bertz CT molecular complexity index is 1100. The standard InChI is InChI=1S/C19H20N4O3S/c1-6-10-22-16-14(25-4)7-8-15(26-5)17(16)27-19(22)20-18(24)13-9-11-23(21-13)12(2)3/h1,7-9,11-12H,10H2,2-5H3. The number of hydrogen-bond acceptors (Lipinski definition) is 5. The molecule has 0 N–H and O–H groups in total. The number of amides is 1. The smallest absolute Gasteiger partial charge is 0.300 e. The van der Waals surface area contributed by atoms with E-state index in [1.54, 1.807) is 41.8 Å². The Morgan fingerprint density at radius 3 is 2.59 bits per heavy atom. The van der Waals surface area contributed by atoms with Crippen molar-refractivity contribution in [3.63, 3.8) is 0 Å². The van der Waals surface area contributed by atoms with Crippen LogP contribution in [0, 0.1) is 12.3 Å². The maximum absolute atomic E-state index is 12.6. The fourth-order valence-corrected chi connectivity index (χ4v) is 3.80.